The fraction of sp³-hybridized carbons (Fsp3) is 1.00. The summed E-state index contributed by atoms with van der Waals surface area (Å²) in [6, 6.07) is 0.868. The van der Waals surface area contributed by atoms with Crippen molar-refractivity contribution in [1.82, 2.24) is 10.2 Å². The molecule has 5 rings (SSSR count). The Hall–Kier alpha value is 0.170. The summed E-state index contributed by atoms with van der Waals surface area (Å²) in [7, 11) is 0. The molecule has 0 aromatic heterocycles. The van der Waals surface area contributed by atoms with Gasteiger partial charge in [-0.1, -0.05) is 0 Å². The van der Waals surface area contributed by atoms with Crippen molar-refractivity contribution in [2.75, 3.05) is 39.4 Å². The zero-order chi connectivity index (χ0) is 13.4. The quantitative estimate of drug-likeness (QED) is 0.668. The molecule has 4 bridgehead atoms. The van der Waals surface area contributed by atoms with Gasteiger partial charge in [0.25, 0.3) is 0 Å². The van der Waals surface area contributed by atoms with Crippen molar-refractivity contribution in [2.24, 2.45) is 23.7 Å². The van der Waals surface area contributed by atoms with E-state index in [1.807, 2.05) is 0 Å². The van der Waals surface area contributed by atoms with Crippen molar-refractivity contribution < 1.29 is 17.1 Å². The molecule has 4 aliphatic carbocycles. The molecule has 3 nitrogen and oxygen atoms in total. The van der Waals surface area contributed by atoms with Gasteiger partial charge in [-0.3, -0.25) is 4.90 Å². The largest absolute Gasteiger partial charge is 1.00 e. The number of rotatable bonds is 5. The van der Waals surface area contributed by atoms with Gasteiger partial charge in [-0.25, -0.2) is 0 Å². The highest BCUT2D eigenvalue weighted by Crippen LogP contribution is 2.53. The predicted octanol–water partition coefficient (Wildman–Crippen LogP) is -0.873. The highest BCUT2D eigenvalue weighted by Gasteiger charge is 2.47. The summed E-state index contributed by atoms with van der Waals surface area (Å²) in [5.41, 5.74) is 0. The summed E-state index contributed by atoms with van der Waals surface area (Å²) in [5.74, 6) is 4.25. The van der Waals surface area contributed by atoms with Crippen LogP contribution in [0.2, 0.25) is 0 Å². The van der Waals surface area contributed by atoms with E-state index in [4.69, 9.17) is 4.74 Å². The van der Waals surface area contributed by atoms with Crippen molar-refractivity contribution in [3.05, 3.63) is 0 Å². The molecule has 21 heavy (non-hydrogen) atoms. The second-order valence-electron chi connectivity index (χ2n) is 7.72. The minimum absolute atomic E-state index is 0. The fourth-order valence-corrected chi connectivity index (χ4v) is 5.65. The summed E-state index contributed by atoms with van der Waals surface area (Å²) >= 11 is 0. The van der Waals surface area contributed by atoms with Gasteiger partial charge in [0, 0.05) is 19.1 Å². The zero-order valence-electron chi connectivity index (χ0n) is 13.1. The van der Waals surface area contributed by atoms with Gasteiger partial charge in [-0.05, 0) is 75.3 Å². The molecule has 5 fully saturated rings. The first kappa shape index (κ1) is 16.0. The maximum absolute atomic E-state index is 5.41. The number of morpholine rings is 1. The Labute approximate surface area is 135 Å². The van der Waals surface area contributed by atoms with Crippen molar-refractivity contribution in [1.29, 1.82) is 0 Å². The van der Waals surface area contributed by atoms with E-state index in [1.165, 1.54) is 45.2 Å². The summed E-state index contributed by atoms with van der Waals surface area (Å²) in [6.07, 6.45) is 9.02. The molecule has 1 saturated heterocycles. The molecule has 0 atom stereocenters. The SMILES string of the molecule is C(CNC1C2CC3CC(C2)CC1C3)CN1CCOCC1.[Cl-]. The third-order valence-electron chi connectivity index (χ3n) is 6.36. The Balaban J connectivity index is 0.00000132. The molecule has 1 aliphatic heterocycles. The third kappa shape index (κ3) is 3.57. The highest BCUT2D eigenvalue weighted by molar-refractivity contribution is 5.01. The Kier molecular flexibility index (Phi) is 5.47. The van der Waals surface area contributed by atoms with Crippen LogP contribution in [0.3, 0.4) is 0 Å². The Bertz CT molecular complexity index is 305. The standard InChI is InChI=1S/C17H30N2O.ClH/c1(3-19-4-6-20-7-5-19)2-18-17-15-9-13-8-14(11-15)12-16(17)10-13;/h13-18H,1-12H2;1H/p-1. The monoisotopic (exact) mass is 313 g/mol. The number of halogens is 1. The van der Waals surface area contributed by atoms with Gasteiger partial charge in [0.05, 0.1) is 13.2 Å². The topological polar surface area (TPSA) is 24.5 Å². The van der Waals surface area contributed by atoms with Crippen LogP contribution in [0.25, 0.3) is 0 Å². The van der Waals surface area contributed by atoms with Gasteiger partial charge < -0.3 is 22.5 Å². The average molecular weight is 314 g/mol. The lowest BCUT2D eigenvalue weighted by Crippen LogP contribution is -3.00. The molecule has 0 amide bonds. The first-order chi connectivity index (χ1) is 9.88. The first-order valence-electron chi connectivity index (χ1n) is 8.92. The van der Waals surface area contributed by atoms with Gasteiger partial charge in [-0.2, -0.15) is 0 Å². The molecular formula is C17H30ClN2O-. The lowest BCUT2D eigenvalue weighted by atomic mass is 9.54. The van der Waals surface area contributed by atoms with E-state index in [1.54, 1.807) is 6.42 Å². The normalized spacial score (nSPS) is 42.0. The van der Waals surface area contributed by atoms with Crippen molar-refractivity contribution in [2.45, 2.75) is 44.6 Å². The second kappa shape index (κ2) is 7.16. The number of nitrogens with one attached hydrogen (secondary N) is 1. The second-order valence-corrected chi connectivity index (χ2v) is 7.72. The number of ether oxygens (including phenoxy) is 1. The van der Waals surface area contributed by atoms with Crippen LogP contribution < -0.4 is 17.7 Å². The van der Waals surface area contributed by atoms with Crippen LogP contribution in [0, 0.1) is 23.7 Å². The zero-order valence-corrected chi connectivity index (χ0v) is 13.9. The lowest BCUT2D eigenvalue weighted by molar-refractivity contribution is -0.0141. The van der Waals surface area contributed by atoms with Gasteiger partial charge in [0.2, 0.25) is 0 Å². The minimum atomic E-state index is 0. The molecule has 4 heteroatoms. The van der Waals surface area contributed by atoms with Crippen LogP contribution in [0.15, 0.2) is 0 Å². The molecule has 0 unspecified atom stereocenters. The molecule has 0 aromatic rings. The molecule has 122 valence electrons. The van der Waals surface area contributed by atoms with Crippen LogP contribution in [-0.4, -0.2) is 50.3 Å². The van der Waals surface area contributed by atoms with Crippen LogP contribution >= 0.6 is 0 Å². The van der Waals surface area contributed by atoms with Gasteiger partial charge in [-0.15, -0.1) is 0 Å². The third-order valence-corrected chi connectivity index (χ3v) is 6.36. The van der Waals surface area contributed by atoms with E-state index >= 15 is 0 Å². The number of hydrogen-bond donors (Lipinski definition) is 1. The number of hydrogen-bond acceptors (Lipinski definition) is 3. The molecule has 0 radical (unpaired) electrons. The molecule has 4 saturated carbocycles. The molecular weight excluding hydrogens is 284 g/mol. The summed E-state index contributed by atoms with van der Waals surface area (Å²) in [4.78, 5) is 2.56. The average Bonchev–Trinajstić information content (AvgIpc) is 2.46. The Morgan fingerprint density at radius 3 is 2.14 bits per heavy atom. The molecule has 5 aliphatic rings. The molecule has 1 heterocycles. The van der Waals surface area contributed by atoms with Crippen LogP contribution in [-0.2, 0) is 4.74 Å². The first-order valence-corrected chi connectivity index (χ1v) is 8.92. The maximum atomic E-state index is 5.41. The van der Waals surface area contributed by atoms with E-state index in [-0.39, 0.29) is 12.4 Å². The van der Waals surface area contributed by atoms with Crippen molar-refractivity contribution >= 4 is 0 Å². The van der Waals surface area contributed by atoms with Crippen LogP contribution in [0.4, 0.5) is 0 Å². The van der Waals surface area contributed by atoms with Gasteiger partial charge >= 0.3 is 0 Å². The van der Waals surface area contributed by atoms with Gasteiger partial charge in [0.15, 0.2) is 0 Å². The van der Waals surface area contributed by atoms with Gasteiger partial charge in [0.1, 0.15) is 0 Å². The Morgan fingerprint density at radius 2 is 1.52 bits per heavy atom. The van der Waals surface area contributed by atoms with Crippen LogP contribution in [0.5, 0.6) is 0 Å². The summed E-state index contributed by atoms with van der Waals surface area (Å²) < 4.78 is 5.41. The number of nitrogens with zero attached hydrogens (tertiary/aromatic N) is 1. The minimum Gasteiger partial charge on any atom is -1.00 e. The van der Waals surface area contributed by atoms with E-state index in [0.717, 1.165) is 56.0 Å². The van der Waals surface area contributed by atoms with Crippen molar-refractivity contribution in [3.8, 4) is 0 Å². The summed E-state index contributed by atoms with van der Waals surface area (Å²) in [6.45, 7) is 6.62. The molecule has 1 N–H and O–H groups in total. The van der Waals surface area contributed by atoms with E-state index < -0.39 is 0 Å². The predicted molar refractivity (Wildman–Crippen MR) is 80.7 cm³/mol. The molecule has 0 aromatic carbocycles. The molecule has 0 spiro atoms. The highest BCUT2D eigenvalue weighted by atomic mass is 35.5. The maximum Gasteiger partial charge on any atom is 0.0594 e. The van der Waals surface area contributed by atoms with Crippen LogP contribution in [0.1, 0.15) is 38.5 Å². The lowest BCUT2D eigenvalue weighted by Gasteiger charge is -2.54. The van der Waals surface area contributed by atoms with E-state index in [0.29, 0.717) is 0 Å². The summed E-state index contributed by atoms with van der Waals surface area (Å²) in [5, 5.41) is 3.95. The fourth-order valence-electron chi connectivity index (χ4n) is 5.65. The van der Waals surface area contributed by atoms with E-state index in [9.17, 15) is 0 Å². The smallest absolute Gasteiger partial charge is 0.0594 e. The Morgan fingerprint density at radius 1 is 0.905 bits per heavy atom. The van der Waals surface area contributed by atoms with E-state index in [2.05, 4.69) is 10.2 Å². The van der Waals surface area contributed by atoms with Crippen molar-refractivity contribution in [3.63, 3.8) is 0 Å².